The molecule has 0 aromatic carbocycles. The monoisotopic (exact) mass is 183 g/mol. The summed E-state index contributed by atoms with van der Waals surface area (Å²) < 4.78 is 0. The van der Waals surface area contributed by atoms with Crippen LogP contribution in [-0.4, -0.2) is 28.0 Å². The highest BCUT2D eigenvalue weighted by Gasteiger charge is 2.06. The van der Waals surface area contributed by atoms with Crippen molar-refractivity contribution in [2.45, 2.75) is 33.4 Å². The summed E-state index contributed by atoms with van der Waals surface area (Å²) in [6, 6.07) is 0.133. The van der Waals surface area contributed by atoms with Crippen molar-refractivity contribution in [3.63, 3.8) is 0 Å². The molecule has 0 amide bonds. The maximum Gasteiger partial charge on any atom is 0.0638 e. The van der Waals surface area contributed by atoms with Crippen LogP contribution in [0.4, 0.5) is 0 Å². The van der Waals surface area contributed by atoms with Crippen LogP contribution in [0.1, 0.15) is 23.9 Å². The molecule has 0 spiro atoms. The van der Waals surface area contributed by atoms with E-state index in [1.807, 2.05) is 20.8 Å². The fourth-order valence-electron chi connectivity index (χ4n) is 1.18. The van der Waals surface area contributed by atoms with Crippen LogP contribution >= 0.6 is 0 Å². The molecule has 4 nitrogen and oxygen atoms in total. The number of hydrogen-bond acceptors (Lipinski definition) is 3. The van der Waals surface area contributed by atoms with Gasteiger partial charge in [-0.25, -0.2) is 0 Å². The molecule has 1 aromatic rings. The van der Waals surface area contributed by atoms with Crippen LogP contribution in [0.5, 0.6) is 0 Å². The maximum atomic E-state index is 8.82. The summed E-state index contributed by atoms with van der Waals surface area (Å²) in [5.41, 5.74) is 3.31. The van der Waals surface area contributed by atoms with Crippen molar-refractivity contribution in [1.82, 2.24) is 15.5 Å². The summed E-state index contributed by atoms with van der Waals surface area (Å²) in [5, 5.41) is 19.0. The molecule has 0 saturated heterocycles. The summed E-state index contributed by atoms with van der Waals surface area (Å²) in [5.74, 6) is 0. The van der Waals surface area contributed by atoms with Crippen molar-refractivity contribution < 1.29 is 5.11 Å². The second kappa shape index (κ2) is 4.39. The van der Waals surface area contributed by atoms with E-state index in [4.69, 9.17) is 5.11 Å². The Hall–Kier alpha value is -0.870. The summed E-state index contributed by atoms with van der Waals surface area (Å²) in [6.07, 6.45) is 0. The summed E-state index contributed by atoms with van der Waals surface area (Å²) in [4.78, 5) is 0. The molecule has 0 aliphatic carbocycles. The minimum absolute atomic E-state index is 0.133. The van der Waals surface area contributed by atoms with E-state index in [2.05, 4.69) is 15.5 Å². The Morgan fingerprint density at radius 1 is 1.54 bits per heavy atom. The summed E-state index contributed by atoms with van der Waals surface area (Å²) in [7, 11) is 0. The molecular formula is C9H17N3O. The summed E-state index contributed by atoms with van der Waals surface area (Å²) >= 11 is 0. The number of aryl methyl sites for hydroxylation is 2. The third-order valence-electron chi connectivity index (χ3n) is 2.18. The van der Waals surface area contributed by atoms with Crippen LogP contribution in [0, 0.1) is 13.8 Å². The predicted octanol–water partition coefficient (Wildman–Crippen LogP) is 0.497. The Kier molecular flexibility index (Phi) is 3.45. The first-order chi connectivity index (χ1) is 6.15. The molecule has 0 aliphatic heterocycles. The van der Waals surface area contributed by atoms with Gasteiger partial charge in [-0.05, 0) is 20.8 Å². The summed E-state index contributed by atoms with van der Waals surface area (Å²) in [6.45, 7) is 6.85. The van der Waals surface area contributed by atoms with Gasteiger partial charge in [0.25, 0.3) is 0 Å². The molecule has 13 heavy (non-hydrogen) atoms. The molecule has 4 heteroatoms. The number of aliphatic hydroxyl groups excluding tert-OH is 1. The second-order valence-electron chi connectivity index (χ2n) is 3.38. The van der Waals surface area contributed by atoms with E-state index in [0.29, 0.717) is 0 Å². The van der Waals surface area contributed by atoms with Crippen molar-refractivity contribution in [3.8, 4) is 0 Å². The third kappa shape index (κ3) is 2.54. The molecule has 1 atom stereocenters. The molecule has 0 radical (unpaired) electrons. The lowest BCUT2D eigenvalue weighted by atomic mass is 10.2. The lowest BCUT2D eigenvalue weighted by molar-refractivity contribution is 0.251. The topological polar surface area (TPSA) is 60.9 Å². The fourth-order valence-corrected chi connectivity index (χ4v) is 1.18. The Morgan fingerprint density at radius 3 is 2.69 bits per heavy atom. The molecule has 1 aromatic heterocycles. The Labute approximate surface area is 78.4 Å². The van der Waals surface area contributed by atoms with E-state index in [0.717, 1.165) is 17.9 Å². The van der Waals surface area contributed by atoms with Gasteiger partial charge in [0, 0.05) is 23.8 Å². The van der Waals surface area contributed by atoms with Gasteiger partial charge in [-0.3, -0.25) is 5.10 Å². The van der Waals surface area contributed by atoms with Crippen LogP contribution in [0.25, 0.3) is 0 Å². The molecule has 0 fully saturated rings. The zero-order valence-corrected chi connectivity index (χ0v) is 8.39. The average Bonchev–Trinajstić information content (AvgIpc) is 2.43. The third-order valence-corrected chi connectivity index (χ3v) is 2.18. The molecule has 1 rings (SSSR count). The largest absolute Gasteiger partial charge is 0.395 e. The van der Waals surface area contributed by atoms with Gasteiger partial charge in [0.2, 0.25) is 0 Å². The number of hydrogen-bond donors (Lipinski definition) is 3. The number of rotatable bonds is 4. The van der Waals surface area contributed by atoms with Gasteiger partial charge >= 0.3 is 0 Å². The van der Waals surface area contributed by atoms with E-state index in [9.17, 15) is 0 Å². The highest BCUT2D eigenvalue weighted by molar-refractivity contribution is 5.22. The van der Waals surface area contributed by atoms with Gasteiger partial charge in [0.15, 0.2) is 0 Å². The number of nitrogens with zero attached hydrogens (tertiary/aromatic N) is 1. The van der Waals surface area contributed by atoms with Crippen LogP contribution < -0.4 is 5.32 Å². The maximum absolute atomic E-state index is 8.82. The fraction of sp³-hybridized carbons (Fsp3) is 0.667. The SMILES string of the molecule is Cc1n[nH]c(C)c1CN[C@H](C)CO. The first-order valence-electron chi connectivity index (χ1n) is 4.49. The smallest absolute Gasteiger partial charge is 0.0638 e. The lowest BCUT2D eigenvalue weighted by Crippen LogP contribution is -2.28. The van der Waals surface area contributed by atoms with Crippen molar-refractivity contribution in [2.75, 3.05) is 6.61 Å². The molecular weight excluding hydrogens is 166 g/mol. The molecule has 1 heterocycles. The number of H-pyrrole nitrogens is 1. The normalized spacial score (nSPS) is 13.2. The number of aromatic nitrogens is 2. The van der Waals surface area contributed by atoms with Gasteiger partial charge in [0.1, 0.15) is 0 Å². The molecule has 3 N–H and O–H groups in total. The standard InChI is InChI=1S/C9H17N3O/c1-6(5-13)10-4-9-7(2)11-12-8(9)3/h6,10,13H,4-5H2,1-3H3,(H,11,12)/t6-/m1/s1. The van der Waals surface area contributed by atoms with Crippen LogP contribution in [-0.2, 0) is 6.54 Å². The number of nitrogens with one attached hydrogen (secondary N) is 2. The number of aromatic amines is 1. The predicted molar refractivity (Wildman–Crippen MR) is 51.4 cm³/mol. The zero-order chi connectivity index (χ0) is 9.84. The molecule has 0 aliphatic rings. The molecule has 74 valence electrons. The Balaban J connectivity index is 2.53. The van der Waals surface area contributed by atoms with Gasteiger partial charge in [-0.15, -0.1) is 0 Å². The first-order valence-corrected chi connectivity index (χ1v) is 4.49. The molecule has 0 saturated carbocycles. The van der Waals surface area contributed by atoms with Crippen molar-refractivity contribution in [1.29, 1.82) is 0 Å². The van der Waals surface area contributed by atoms with Gasteiger partial charge in [0.05, 0.1) is 12.3 Å². The van der Waals surface area contributed by atoms with Crippen LogP contribution in [0.2, 0.25) is 0 Å². The second-order valence-corrected chi connectivity index (χ2v) is 3.38. The van der Waals surface area contributed by atoms with Gasteiger partial charge in [-0.1, -0.05) is 0 Å². The quantitative estimate of drug-likeness (QED) is 0.637. The molecule has 0 unspecified atom stereocenters. The van der Waals surface area contributed by atoms with E-state index in [1.165, 1.54) is 5.56 Å². The Bertz CT molecular complexity index is 250. The number of aliphatic hydroxyl groups is 1. The van der Waals surface area contributed by atoms with Crippen LogP contribution in [0.15, 0.2) is 0 Å². The van der Waals surface area contributed by atoms with Crippen molar-refractivity contribution >= 4 is 0 Å². The van der Waals surface area contributed by atoms with E-state index >= 15 is 0 Å². The molecule has 0 bridgehead atoms. The van der Waals surface area contributed by atoms with Gasteiger partial charge < -0.3 is 10.4 Å². The lowest BCUT2D eigenvalue weighted by Gasteiger charge is -2.10. The van der Waals surface area contributed by atoms with Crippen LogP contribution in [0.3, 0.4) is 0 Å². The van der Waals surface area contributed by atoms with Gasteiger partial charge in [-0.2, -0.15) is 5.10 Å². The zero-order valence-electron chi connectivity index (χ0n) is 8.39. The minimum Gasteiger partial charge on any atom is -0.395 e. The van der Waals surface area contributed by atoms with Crippen molar-refractivity contribution in [3.05, 3.63) is 17.0 Å². The first kappa shape index (κ1) is 10.2. The average molecular weight is 183 g/mol. The Morgan fingerprint density at radius 2 is 2.23 bits per heavy atom. The highest BCUT2D eigenvalue weighted by Crippen LogP contribution is 2.08. The van der Waals surface area contributed by atoms with E-state index < -0.39 is 0 Å². The highest BCUT2D eigenvalue weighted by atomic mass is 16.3. The van der Waals surface area contributed by atoms with E-state index in [1.54, 1.807) is 0 Å². The van der Waals surface area contributed by atoms with E-state index in [-0.39, 0.29) is 12.6 Å². The minimum atomic E-state index is 0.133. The van der Waals surface area contributed by atoms with Crippen molar-refractivity contribution in [2.24, 2.45) is 0 Å².